The Morgan fingerprint density at radius 1 is 1.18 bits per heavy atom. The van der Waals surface area contributed by atoms with Gasteiger partial charge in [-0.25, -0.2) is 4.98 Å². The summed E-state index contributed by atoms with van der Waals surface area (Å²) in [6.07, 6.45) is 0. The van der Waals surface area contributed by atoms with Gasteiger partial charge in [-0.15, -0.1) is 11.3 Å². The number of thiophene rings is 1. The quantitative estimate of drug-likeness (QED) is 0.551. The van der Waals surface area contributed by atoms with Crippen LogP contribution in [0, 0.1) is 18.3 Å². The highest BCUT2D eigenvalue weighted by atomic mass is 32.1. The van der Waals surface area contributed by atoms with E-state index in [0.717, 1.165) is 26.0 Å². The summed E-state index contributed by atoms with van der Waals surface area (Å²) in [6, 6.07) is 14.3. The lowest BCUT2D eigenvalue weighted by atomic mass is 10.1. The van der Waals surface area contributed by atoms with Gasteiger partial charge in [0.25, 0.3) is 0 Å². The first-order valence-corrected chi connectivity index (χ1v) is 8.37. The fraction of sp³-hybridized carbons (Fsp3) is 0.0625. The van der Waals surface area contributed by atoms with Gasteiger partial charge in [0, 0.05) is 5.56 Å². The highest BCUT2D eigenvalue weighted by Gasteiger charge is 2.19. The number of hydrogen-bond donors (Lipinski definition) is 0. The number of nitriles is 1. The van der Waals surface area contributed by atoms with Crippen molar-refractivity contribution in [3.8, 4) is 27.2 Å². The molecule has 0 aliphatic heterocycles. The highest BCUT2D eigenvalue weighted by molar-refractivity contribution is 7.20. The number of hydrogen-bond acceptors (Lipinski definition) is 5. The number of nitrogens with zero attached hydrogens (tertiary/aromatic N) is 4. The van der Waals surface area contributed by atoms with Crippen molar-refractivity contribution in [3.63, 3.8) is 0 Å². The van der Waals surface area contributed by atoms with E-state index in [-0.39, 0.29) is 0 Å². The molecule has 6 heteroatoms. The molecule has 0 saturated carbocycles. The molecule has 0 aliphatic rings. The smallest absolute Gasteiger partial charge is 0.214 e. The summed E-state index contributed by atoms with van der Waals surface area (Å²) in [5, 5.41) is 17.0. The average Bonchev–Trinajstić information content (AvgIpc) is 3.22. The standard InChI is InChI=1S/C16H10N4S2/c1-10-5-2-3-6-11(10)15-19-20-12(9-17)14(18-16(20)22-15)13-7-4-8-21-13/h2-8H,1H3. The molecular formula is C16H10N4S2. The summed E-state index contributed by atoms with van der Waals surface area (Å²) >= 11 is 3.08. The molecule has 3 aromatic heterocycles. The van der Waals surface area contributed by atoms with Crippen molar-refractivity contribution in [3.05, 3.63) is 53.0 Å². The minimum atomic E-state index is 0.494. The van der Waals surface area contributed by atoms with E-state index >= 15 is 0 Å². The third kappa shape index (κ3) is 1.95. The molecule has 0 atom stereocenters. The number of aromatic nitrogens is 3. The van der Waals surface area contributed by atoms with Gasteiger partial charge < -0.3 is 0 Å². The third-order valence-electron chi connectivity index (χ3n) is 3.44. The Bertz CT molecular complexity index is 1000. The van der Waals surface area contributed by atoms with Crippen LogP contribution in [0.2, 0.25) is 0 Å². The van der Waals surface area contributed by atoms with Crippen molar-refractivity contribution < 1.29 is 0 Å². The monoisotopic (exact) mass is 322 g/mol. The summed E-state index contributed by atoms with van der Waals surface area (Å²) in [6.45, 7) is 2.06. The summed E-state index contributed by atoms with van der Waals surface area (Å²) in [7, 11) is 0. The topological polar surface area (TPSA) is 54.0 Å². The highest BCUT2D eigenvalue weighted by Crippen LogP contribution is 2.33. The molecule has 106 valence electrons. The zero-order valence-corrected chi connectivity index (χ0v) is 13.3. The Labute approximate surface area is 134 Å². The van der Waals surface area contributed by atoms with Crippen LogP contribution in [-0.4, -0.2) is 14.6 Å². The Hall–Kier alpha value is -2.49. The van der Waals surface area contributed by atoms with Crippen LogP contribution in [0.25, 0.3) is 26.1 Å². The van der Waals surface area contributed by atoms with E-state index in [9.17, 15) is 5.26 Å². The first-order chi connectivity index (χ1) is 10.8. The number of fused-ring (bicyclic) bond motifs is 1. The average molecular weight is 322 g/mol. The SMILES string of the molecule is Cc1ccccc1-c1nn2c(C#N)c(-c3cccs3)nc2s1. The molecule has 4 rings (SSSR count). The van der Waals surface area contributed by atoms with E-state index in [0.29, 0.717) is 11.4 Å². The van der Waals surface area contributed by atoms with Gasteiger partial charge in [0.15, 0.2) is 5.69 Å². The lowest BCUT2D eigenvalue weighted by molar-refractivity contribution is 0.960. The van der Waals surface area contributed by atoms with Crippen molar-refractivity contribution in [2.45, 2.75) is 6.92 Å². The van der Waals surface area contributed by atoms with Gasteiger partial charge >= 0.3 is 0 Å². The minimum absolute atomic E-state index is 0.494. The second-order valence-electron chi connectivity index (χ2n) is 4.81. The van der Waals surface area contributed by atoms with Crippen LogP contribution < -0.4 is 0 Å². The molecule has 0 fully saturated rings. The molecule has 0 radical (unpaired) electrons. The molecule has 3 heterocycles. The molecule has 0 N–H and O–H groups in total. The zero-order chi connectivity index (χ0) is 15.1. The van der Waals surface area contributed by atoms with Gasteiger partial charge in [-0.05, 0) is 23.9 Å². The molecule has 22 heavy (non-hydrogen) atoms. The van der Waals surface area contributed by atoms with E-state index in [1.54, 1.807) is 15.9 Å². The van der Waals surface area contributed by atoms with E-state index < -0.39 is 0 Å². The molecule has 0 saturated heterocycles. The number of imidazole rings is 1. The maximum Gasteiger partial charge on any atom is 0.214 e. The molecule has 1 aromatic carbocycles. The lowest BCUT2D eigenvalue weighted by Crippen LogP contribution is -1.91. The predicted molar refractivity (Wildman–Crippen MR) is 89.1 cm³/mol. The van der Waals surface area contributed by atoms with Crippen molar-refractivity contribution in [1.29, 1.82) is 5.26 Å². The van der Waals surface area contributed by atoms with Crippen molar-refractivity contribution >= 4 is 27.6 Å². The largest absolute Gasteiger partial charge is 0.215 e. The summed E-state index contributed by atoms with van der Waals surface area (Å²) < 4.78 is 1.65. The van der Waals surface area contributed by atoms with Crippen LogP contribution in [0.5, 0.6) is 0 Å². The van der Waals surface area contributed by atoms with Gasteiger partial charge in [0.1, 0.15) is 16.8 Å². The Morgan fingerprint density at radius 2 is 2.05 bits per heavy atom. The van der Waals surface area contributed by atoms with Crippen LogP contribution in [0.3, 0.4) is 0 Å². The second kappa shape index (κ2) is 5.05. The van der Waals surface area contributed by atoms with Gasteiger partial charge in [-0.2, -0.15) is 14.9 Å². The molecule has 0 amide bonds. The Morgan fingerprint density at radius 3 is 2.77 bits per heavy atom. The maximum absolute atomic E-state index is 9.50. The molecule has 0 bridgehead atoms. The van der Waals surface area contributed by atoms with Crippen molar-refractivity contribution in [2.24, 2.45) is 0 Å². The summed E-state index contributed by atoms with van der Waals surface area (Å²) in [4.78, 5) is 6.35. The van der Waals surface area contributed by atoms with Gasteiger partial charge in [0.2, 0.25) is 4.96 Å². The Balaban J connectivity index is 1.92. The minimum Gasteiger partial charge on any atom is -0.215 e. The fourth-order valence-corrected chi connectivity index (χ4v) is 4.06. The van der Waals surface area contributed by atoms with E-state index in [2.05, 4.69) is 29.1 Å². The number of rotatable bonds is 2. The fourth-order valence-electron chi connectivity index (χ4n) is 2.36. The van der Waals surface area contributed by atoms with Crippen molar-refractivity contribution in [1.82, 2.24) is 14.6 Å². The lowest BCUT2D eigenvalue weighted by Gasteiger charge is -1.99. The van der Waals surface area contributed by atoms with Crippen molar-refractivity contribution in [2.75, 3.05) is 0 Å². The maximum atomic E-state index is 9.50. The Kier molecular flexibility index (Phi) is 3.03. The van der Waals surface area contributed by atoms with Crippen LogP contribution in [0.1, 0.15) is 11.3 Å². The number of benzene rings is 1. The van der Waals surface area contributed by atoms with E-state index in [4.69, 9.17) is 0 Å². The first kappa shape index (κ1) is 13.2. The molecular weight excluding hydrogens is 312 g/mol. The van der Waals surface area contributed by atoms with Gasteiger partial charge in [0.05, 0.1) is 4.88 Å². The number of aryl methyl sites for hydroxylation is 1. The normalized spacial score (nSPS) is 10.9. The summed E-state index contributed by atoms with van der Waals surface area (Å²) in [5.74, 6) is 0. The van der Waals surface area contributed by atoms with E-state index in [1.807, 2.05) is 35.7 Å². The van der Waals surface area contributed by atoms with Crippen LogP contribution >= 0.6 is 22.7 Å². The predicted octanol–water partition coefficient (Wildman–Crippen LogP) is 4.37. The molecule has 0 spiro atoms. The third-order valence-corrected chi connectivity index (χ3v) is 5.26. The second-order valence-corrected chi connectivity index (χ2v) is 6.72. The molecule has 0 unspecified atom stereocenters. The zero-order valence-electron chi connectivity index (χ0n) is 11.6. The summed E-state index contributed by atoms with van der Waals surface area (Å²) in [5.41, 5.74) is 3.46. The van der Waals surface area contributed by atoms with Crippen LogP contribution in [-0.2, 0) is 0 Å². The molecule has 4 nitrogen and oxygen atoms in total. The van der Waals surface area contributed by atoms with Crippen LogP contribution in [0.15, 0.2) is 41.8 Å². The first-order valence-electron chi connectivity index (χ1n) is 6.67. The van der Waals surface area contributed by atoms with Gasteiger partial charge in [-0.3, -0.25) is 0 Å². The molecule has 4 aromatic rings. The van der Waals surface area contributed by atoms with Crippen LogP contribution in [0.4, 0.5) is 0 Å². The molecule has 0 aliphatic carbocycles. The van der Waals surface area contributed by atoms with E-state index in [1.165, 1.54) is 11.3 Å². The van der Waals surface area contributed by atoms with Gasteiger partial charge in [-0.1, -0.05) is 41.7 Å².